The predicted molar refractivity (Wildman–Crippen MR) is 117 cm³/mol. The molecule has 3 heterocycles. The molecule has 0 N–H and O–H groups in total. The molecule has 27 heavy (non-hydrogen) atoms. The molecular formula is C21H24BrN3OS. The summed E-state index contributed by atoms with van der Waals surface area (Å²) in [6, 6.07) is 8.49. The Balaban J connectivity index is 1.94. The van der Waals surface area contributed by atoms with E-state index in [9.17, 15) is 4.79 Å². The SMILES string of the molecule is CCc1sc2nc(C)n(C3CCN(C)CC3)c(=O)c2c1-c1ccc(Br)cc1. The van der Waals surface area contributed by atoms with Crippen molar-refractivity contribution >= 4 is 37.5 Å². The summed E-state index contributed by atoms with van der Waals surface area (Å²) in [5.41, 5.74) is 2.30. The van der Waals surface area contributed by atoms with Crippen LogP contribution in [0.5, 0.6) is 0 Å². The molecular weight excluding hydrogens is 422 g/mol. The Morgan fingerprint density at radius 3 is 2.52 bits per heavy atom. The van der Waals surface area contributed by atoms with Gasteiger partial charge in [-0.1, -0.05) is 35.0 Å². The number of halogens is 1. The van der Waals surface area contributed by atoms with Gasteiger partial charge in [-0.2, -0.15) is 0 Å². The van der Waals surface area contributed by atoms with Gasteiger partial charge < -0.3 is 4.90 Å². The number of hydrogen-bond donors (Lipinski definition) is 0. The Hall–Kier alpha value is -1.50. The second kappa shape index (κ2) is 7.49. The lowest BCUT2D eigenvalue weighted by Crippen LogP contribution is -2.36. The number of fused-ring (bicyclic) bond motifs is 1. The van der Waals surface area contributed by atoms with Gasteiger partial charge in [-0.15, -0.1) is 11.3 Å². The van der Waals surface area contributed by atoms with E-state index in [0.29, 0.717) is 0 Å². The van der Waals surface area contributed by atoms with E-state index in [2.05, 4.69) is 46.9 Å². The minimum Gasteiger partial charge on any atom is -0.306 e. The second-order valence-corrected chi connectivity index (χ2v) is 9.31. The smallest absolute Gasteiger partial charge is 0.263 e. The van der Waals surface area contributed by atoms with E-state index in [0.717, 1.165) is 64.0 Å². The summed E-state index contributed by atoms with van der Waals surface area (Å²) in [5.74, 6) is 0.841. The highest BCUT2D eigenvalue weighted by Gasteiger charge is 2.25. The van der Waals surface area contributed by atoms with Gasteiger partial charge in [0.15, 0.2) is 0 Å². The van der Waals surface area contributed by atoms with E-state index in [4.69, 9.17) is 4.98 Å². The van der Waals surface area contributed by atoms with Gasteiger partial charge in [-0.05, 0) is 64.0 Å². The summed E-state index contributed by atoms with van der Waals surface area (Å²) in [7, 11) is 2.14. The van der Waals surface area contributed by atoms with Crippen LogP contribution in [-0.4, -0.2) is 34.6 Å². The number of benzene rings is 1. The zero-order valence-corrected chi connectivity index (χ0v) is 18.4. The molecule has 0 saturated carbocycles. The van der Waals surface area contributed by atoms with Crippen molar-refractivity contribution in [1.29, 1.82) is 0 Å². The molecule has 1 saturated heterocycles. The molecule has 4 rings (SSSR count). The highest BCUT2D eigenvalue weighted by atomic mass is 79.9. The van der Waals surface area contributed by atoms with Crippen molar-refractivity contribution in [2.24, 2.45) is 0 Å². The van der Waals surface area contributed by atoms with Gasteiger partial charge in [0.25, 0.3) is 5.56 Å². The van der Waals surface area contributed by atoms with Crippen molar-refractivity contribution in [3.8, 4) is 11.1 Å². The third kappa shape index (κ3) is 3.39. The molecule has 1 aliphatic rings. The Morgan fingerprint density at radius 1 is 1.22 bits per heavy atom. The highest BCUT2D eigenvalue weighted by molar-refractivity contribution is 9.10. The van der Waals surface area contributed by atoms with Gasteiger partial charge in [-0.25, -0.2) is 4.98 Å². The first-order valence-electron chi connectivity index (χ1n) is 9.48. The molecule has 0 aliphatic carbocycles. The molecule has 0 amide bonds. The van der Waals surface area contributed by atoms with Crippen LogP contribution in [0.3, 0.4) is 0 Å². The Labute approximate surface area is 172 Å². The van der Waals surface area contributed by atoms with Crippen molar-refractivity contribution < 1.29 is 0 Å². The summed E-state index contributed by atoms with van der Waals surface area (Å²) in [5, 5.41) is 0.795. The minimum absolute atomic E-state index is 0.126. The van der Waals surface area contributed by atoms with Crippen molar-refractivity contribution in [2.75, 3.05) is 20.1 Å². The average Bonchev–Trinajstić information content (AvgIpc) is 3.02. The lowest BCUT2D eigenvalue weighted by Gasteiger charge is -2.31. The summed E-state index contributed by atoms with van der Waals surface area (Å²) >= 11 is 5.17. The summed E-state index contributed by atoms with van der Waals surface area (Å²) in [6.07, 6.45) is 2.91. The molecule has 142 valence electrons. The zero-order chi connectivity index (χ0) is 19.1. The molecule has 0 bridgehead atoms. The molecule has 1 fully saturated rings. The topological polar surface area (TPSA) is 38.1 Å². The number of piperidine rings is 1. The number of aryl methyl sites for hydroxylation is 2. The van der Waals surface area contributed by atoms with Crippen LogP contribution in [0.15, 0.2) is 33.5 Å². The molecule has 3 aromatic rings. The van der Waals surface area contributed by atoms with Crippen molar-refractivity contribution in [2.45, 2.75) is 39.2 Å². The lowest BCUT2D eigenvalue weighted by atomic mass is 10.0. The summed E-state index contributed by atoms with van der Waals surface area (Å²) < 4.78 is 3.01. The van der Waals surface area contributed by atoms with Crippen LogP contribution in [0.25, 0.3) is 21.3 Å². The zero-order valence-electron chi connectivity index (χ0n) is 16.0. The largest absolute Gasteiger partial charge is 0.306 e. The fourth-order valence-corrected chi connectivity index (χ4v) is 5.50. The van der Waals surface area contributed by atoms with E-state index in [1.54, 1.807) is 11.3 Å². The Bertz CT molecular complexity index is 1030. The Morgan fingerprint density at radius 2 is 1.89 bits per heavy atom. The van der Waals surface area contributed by atoms with Gasteiger partial charge in [0.2, 0.25) is 0 Å². The molecule has 2 aromatic heterocycles. The van der Waals surface area contributed by atoms with Gasteiger partial charge >= 0.3 is 0 Å². The first-order chi connectivity index (χ1) is 13.0. The van der Waals surface area contributed by atoms with Gasteiger partial charge in [0.05, 0.1) is 5.39 Å². The number of hydrogen-bond acceptors (Lipinski definition) is 4. The molecule has 4 nitrogen and oxygen atoms in total. The van der Waals surface area contributed by atoms with E-state index in [1.807, 2.05) is 23.6 Å². The maximum atomic E-state index is 13.6. The van der Waals surface area contributed by atoms with Crippen molar-refractivity contribution in [1.82, 2.24) is 14.5 Å². The highest BCUT2D eigenvalue weighted by Crippen LogP contribution is 2.37. The maximum absolute atomic E-state index is 13.6. The first kappa shape index (κ1) is 18.8. The van der Waals surface area contributed by atoms with E-state index >= 15 is 0 Å². The van der Waals surface area contributed by atoms with Crippen LogP contribution < -0.4 is 5.56 Å². The van der Waals surface area contributed by atoms with Gasteiger partial charge in [0.1, 0.15) is 10.7 Å². The van der Waals surface area contributed by atoms with Crippen LogP contribution in [-0.2, 0) is 6.42 Å². The maximum Gasteiger partial charge on any atom is 0.263 e. The summed E-state index contributed by atoms with van der Waals surface area (Å²) in [6.45, 7) is 6.18. The minimum atomic E-state index is 0.126. The van der Waals surface area contributed by atoms with Crippen LogP contribution in [0.4, 0.5) is 0 Å². The van der Waals surface area contributed by atoms with Crippen LogP contribution in [0, 0.1) is 6.92 Å². The molecule has 0 unspecified atom stereocenters. The fraction of sp³-hybridized carbons (Fsp3) is 0.429. The molecule has 1 aromatic carbocycles. The third-order valence-corrected chi connectivity index (χ3v) is 7.27. The summed E-state index contributed by atoms with van der Waals surface area (Å²) in [4.78, 5) is 22.9. The monoisotopic (exact) mass is 445 g/mol. The molecule has 0 atom stereocenters. The van der Waals surface area contributed by atoms with E-state index in [1.165, 1.54) is 4.88 Å². The molecule has 6 heteroatoms. The normalized spacial score (nSPS) is 16.3. The van der Waals surface area contributed by atoms with Crippen molar-refractivity contribution in [3.63, 3.8) is 0 Å². The number of likely N-dealkylation sites (tertiary alicyclic amines) is 1. The quantitative estimate of drug-likeness (QED) is 0.567. The van der Waals surface area contributed by atoms with E-state index < -0.39 is 0 Å². The van der Waals surface area contributed by atoms with Gasteiger partial charge in [0, 0.05) is 21.0 Å². The number of nitrogens with zero attached hydrogens (tertiary/aromatic N) is 3. The second-order valence-electron chi connectivity index (χ2n) is 7.31. The average molecular weight is 446 g/mol. The molecule has 0 spiro atoms. The fourth-order valence-electron chi connectivity index (χ4n) is 4.06. The number of aromatic nitrogens is 2. The molecule has 0 radical (unpaired) electrons. The predicted octanol–water partition coefficient (Wildman–Crippen LogP) is 5.03. The van der Waals surface area contributed by atoms with Crippen LogP contribution >= 0.6 is 27.3 Å². The van der Waals surface area contributed by atoms with E-state index in [-0.39, 0.29) is 11.6 Å². The number of thiophene rings is 1. The van der Waals surface area contributed by atoms with Crippen molar-refractivity contribution in [3.05, 3.63) is 49.8 Å². The van der Waals surface area contributed by atoms with Crippen LogP contribution in [0.2, 0.25) is 0 Å². The van der Waals surface area contributed by atoms with Crippen LogP contribution in [0.1, 0.15) is 36.5 Å². The Kier molecular flexibility index (Phi) is 5.23. The third-order valence-electron chi connectivity index (χ3n) is 5.51. The van der Waals surface area contributed by atoms with Gasteiger partial charge in [-0.3, -0.25) is 9.36 Å². The lowest BCUT2D eigenvalue weighted by molar-refractivity contribution is 0.216. The molecule has 1 aliphatic heterocycles. The number of rotatable bonds is 3. The first-order valence-corrected chi connectivity index (χ1v) is 11.1. The standard InChI is InChI=1S/C21H24BrN3OS/c1-4-17-18(14-5-7-15(22)8-6-14)19-20(27-17)23-13(2)25(21(19)26)16-9-11-24(3)12-10-16/h5-8,16H,4,9-12H2,1-3H3.